The van der Waals surface area contributed by atoms with Crippen LogP contribution in [0.2, 0.25) is 0 Å². The van der Waals surface area contributed by atoms with Crippen LogP contribution in [0.1, 0.15) is 31.4 Å². The van der Waals surface area contributed by atoms with Gasteiger partial charge in [-0.1, -0.05) is 6.92 Å². The Balaban J connectivity index is 1.30. The number of nitrogens with zero attached hydrogens (tertiary/aromatic N) is 7. The first-order valence-electron chi connectivity index (χ1n) is 13.8. The Hall–Kier alpha value is -3.27. The van der Waals surface area contributed by atoms with Gasteiger partial charge in [0.25, 0.3) is 0 Å². The van der Waals surface area contributed by atoms with Crippen molar-refractivity contribution in [2.75, 3.05) is 64.9 Å². The number of nitrogens with one attached hydrogen (secondary N) is 1. The number of likely N-dealkylation sites (tertiary alicyclic amines) is 1. The zero-order valence-electron chi connectivity index (χ0n) is 22.7. The van der Waals surface area contributed by atoms with Gasteiger partial charge in [0.2, 0.25) is 0 Å². The summed E-state index contributed by atoms with van der Waals surface area (Å²) in [5.41, 5.74) is 7.56. The third kappa shape index (κ3) is 5.06. The summed E-state index contributed by atoms with van der Waals surface area (Å²) in [6.45, 7) is 9.81. The van der Waals surface area contributed by atoms with E-state index in [-0.39, 0.29) is 0 Å². The number of ether oxygens (including phenoxy) is 1. The van der Waals surface area contributed by atoms with E-state index >= 15 is 0 Å². The molecule has 4 aromatic heterocycles. The van der Waals surface area contributed by atoms with Crippen molar-refractivity contribution in [1.82, 2.24) is 34.5 Å². The fraction of sp³-hybridized carbons (Fsp3) is 0.483. The number of H-pyrrole nitrogens is 1. The van der Waals surface area contributed by atoms with Crippen molar-refractivity contribution >= 4 is 16.7 Å². The van der Waals surface area contributed by atoms with Gasteiger partial charge >= 0.3 is 0 Å². The predicted octanol–water partition coefficient (Wildman–Crippen LogP) is 4.04. The van der Waals surface area contributed by atoms with E-state index < -0.39 is 0 Å². The van der Waals surface area contributed by atoms with Gasteiger partial charge in [0, 0.05) is 73.4 Å². The minimum absolute atomic E-state index is 0.467. The van der Waals surface area contributed by atoms with E-state index in [0.717, 1.165) is 98.7 Å². The van der Waals surface area contributed by atoms with Crippen LogP contribution in [0.4, 0.5) is 5.69 Å². The van der Waals surface area contributed by atoms with Crippen LogP contribution < -0.4 is 4.90 Å². The summed E-state index contributed by atoms with van der Waals surface area (Å²) in [6, 6.07) is 4.90. The van der Waals surface area contributed by atoms with Gasteiger partial charge in [-0.3, -0.25) is 9.67 Å². The lowest BCUT2D eigenvalue weighted by atomic mass is 10.0. The number of aromatic amines is 1. The Morgan fingerprint density at radius 1 is 1.00 bits per heavy atom. The second-order valence-electron chi connectivity index (χ2n) is 10.7. The summed E-state index contributed by atoms with van der Waals surface area (Å²) < 4.78 is 7.73. The van der Waals surface area contributed by atoms with E-state index in [9.17, 15) is 0 Å². The Labute approximate surface area is 224 Å². The first-order chi connectivity index (χ1) is 18.6. The molecule has 6 heterocycles. The molecule has 2 aliphatic heterocycles. The van der Waals surface area contributed by atoms with Crippen LogP contribution in [0.5, 0.6) is 0 Å². The van der Waals surface area contributed by atoms with Crippen LogP contribution in [0.25, 0.3) is 33.4 Å². The van der Waals surface area contributed by atoms with Crippen molar-refractivity contribution in [1.29, 1.82) is 0 Å². The number of hydrogen-bond donors (Lipinski definition) is 1. The SMILES string of the molecule is CCN1CCC(n2cc(-c3c[nH]c4ncc(-c5cc(CN(C)C)c(N6CCOCC6)cn5)cc34)cn2)CC1. The van der Waals surface area contributed by atoms with E-state index in [1.54, 1.807) is 0 Å². The molecule has 200 valence electrons. The fourth-order valence-electron chi connectivity index (χ4n) is 5.76. The summed E-state index contributed by atoms with van der Waals surface area (Å²) in [6.07, 6.45) is 12.5. The number of morpholine rings is 1. The molecule has 0 bridgehead atoms. The van der Waals surface area contributed by atoms with Crippen LogP contribution in [0.15, 0.2) is 43.1 Å². The van der Waals surface area contributed by atoms with Crippen molar-refractivity contribution in [3.05, 3.63) is 48.7 Å². The third-order valence-corrected chi connectivity index (χ3v) is 7.92. The number of anilines is 1. The number of piperidine rings is 1. The van der Waals surface area contributed by atoms with Crippen molar-refractivity contribution in [3.8, 4) is 22.4 Å². The maximum absolute atomic E-state index is 5.57. The van der Waals surface area contributed by atoms with E-state index in [0.29, 0.717) is 6.04 Å². The standard InChI is InChI=1S/C29H38N8O/c1-4-35-7-5-24(6-8-35)37-20-23(16-33-37)26-17-32-29-25(26)13-21(15-31-29)27-14-22(19-34(2)3)28(18-30-27)36-9-11-38-12-10-36/h13-18,20,24H,4-12,19H2,1-3H3,(H,31,32). The number of hydrogen-bond acceptors (Lipinski definition) is 7. The molecule has 38 heavy (non-hydrogen) atoms. The monoisotopic (exact) mass is 514 g/mol. The van der Waals surface area contributed by atoms with E-state index in [1.807, 2.05) is 18.6 Å². The Morgan fingerprint density at radius 3 is 2.58 bits per heavy atom. The second kappa shape index (κ2) is 10.8. The van der Waals surface area contributed by atoms with Gasteiger partial charge in [-0.05, 0) is 51.2 Å². The van der Waals surface area contributed by atoms with Crippen LogP contribution in [-0.2, 0) is 11.3 Å². The molecule has 4 aromatic rings. The summed E-state index contributed by atoms with van der Waals surface area (Å²) in [4.78, 5) is 20.1. The number of rotatable bonds is 7. The zero-order chi connectivity index (χ0) is 26.1. The summed E-state index contributed by atoms with van der Waals surface area (Å²) >= 11 is 0. The Kier molecular flexibility index (Phi) is 7.14. The van der Waals surface area contributed by atoms with Crippen molar-refractivity contribution < 1.29 is 4.74 Å². The molecule has 2 aliphatic rings. The van der Waals surface area contributed by atoms with Gasteiger partial charge in [-0.2, -0.15) is 5.10 Å². The third-order valence-electron chi connectivity index (χ3n) is 7.92. The molecular formula is C29H38N8O. The first-order valence-corrected chi connectivity index (χ1v) is 13.8. The maximum Gasteiger partial charge on any atom is 0.137 e. The predicted molar refractivity (Wildman–Crippen MR) is 151 cm³/mol. The second-order valence-corrected chi connectivity index (χ2v) is 10.7. The lowest BCUT2D eigenvalue weighted by Gasteiger charge is -2.31. The van der Waals surface area contributed by atoms with Crippen molar-refractivity contribution in [3.63, 3.8) is 0 Å². The summed E-state index contributed by atoms with van der Waals surface area (Å²) in [5.74, 6) is 0. The molecule has 6 rings (SSSR count). The highest BCUT2D eigenvalue weighted by atomic mass is 16.5. The molecule has 0 aromatic carbocycles. The molecule has 9 nitrogen and oxygen atoms in total. The zero-order valence-corrected chi connectivity index (χ0v) is 22.7. The summed E-state index contributed by atoms with van der Waals surface area (Å²) in [7, 11) is 4.21. The van der Waals surface area contributed by atoms with Crippen LogP contribution >= 0.6 is 0 Å². The molecular weight excluding hydrogens is 476 g/mol. The van der Waals surface area contributed by atoms with Gasteiger partial charge in [0.1, 0.15) is 5.65 Å². The largest absolute Gasteiger partial charge is 0.378 e. The van der Waals surface area contributed by atoms with Gasteiger partial charge < -0.3 is 24.4 Å². The molecule has 0 amide bonds. The molecule has 0 saturated carbocycles. The number of pyridine rings is 2. The van der Waals surface area contributed by atoms with Gasteiger partial charge in [-0.25, -0.2) is 4.98 Å². The van der Waals surface area contributed by atoms with Crippen molar-refractivity contribution in [2.45, 2.75) is 32.4 Å². The molecule has 0 spiro atoms. The maximum atomic E-state index is 5.57. The van der Waals surface area contributed by atoms with Crippen LogP contribution in [-0.4, -0.2) is 94.6 Å². The lowest BCUT2D eigenvalue weighted by molar-refractivity contribution is 0.122. The lowest BCUT2D eigenvalue weighted by Crippen LogP contribution is -2.37. The molecule has 0 unspecified atom stereocenters. The highest BCUT2D eigenvalue weighted by Gasteiger charge is 2.21. The van der Waals surface area contributed by atoms with Crippen LogP contribution in [0, 0.1) is 0 Å². The van der Waals surface area contributed by atoms with Crippen molar-refractivity contribution in [2.24, 2.45) is 0 Å². The average Bonchev–Trinajstić information content (AvgIpc) is 3.60. The molecule has 0 radical (unpaired) electrons. The minimum Gasteiger partial charge on any atom is -0.378 e. The molecule has 1 N–H and O–H groups in total. The number of aromatic nitrogens is 5. The van der Waals surface area contributed by atoms with E-state index in [2.05, 4.69) is 69.9 Å². The molecule has 0 aliphatic carbocycles. The van der Waals surface area contributed by atoms with Gasteiger partial charge in [0.05, 0.1) is 43.0 Å². The topological polar surface area (TPSA) is 78.3 Å². The first kappa shape index (κ1) is 25.0. The average molecular weight is 515 g/mol. The highest BCUT2D eigenvalue weighted by Crippen LogP contribution is 2.33. The molecule has 2 fully saturated rings. The van der Waals surface area contributed by atoms with E-state index in [1.165, 1.54) is 11.3 Å². The summed E-state index contributed by atoms with van der Waals surface area (Å²) in [5, 5.41) is 5.85. The fourth-order valence-corrected chi connectivity index (χ4v) is 5.76. The highest BCUT2D eigenvalue weighted by molar-refractivity contribution is 5.95. The van der Waals surface area contributed by atoms with Gasteiger partial charge in [-0.15, -0.1) is 0 Å². The molecule has 0 atom stereocenters. The normalized spacial score (nSPS) is 17.6. The Bertz CT molecular complexity index is 1380. The van der Waals surface area contributed by atoms with Gasteiger partial charge in [0.15, 0.2) is 0 Å². The quantitative estimate of drug-likeness (QED) is 0.399. The molecule has 9 heteroatoms. The molecule has 2 saturated heterocycles. The number of fused-ring (bicyclic) bond motifs is 1. The smallest absolute Gasteiger partial charge is 0.137 e. The Morgan fingerprint density at radius 2 is 1.82 bits per heavy atom. The van der Waals surface area contributed by atoms with E-state index in [4.69, 9.17) is 19.8 Å². The van der Waals surface area contributed by atoms with Crippen LogP contribution in [0.3, 0.4) is 0 Å². The minimum atomic E-state index is 0.467.